The van der Waals surface area contributed by atoms with Crippen LogP contribution in [0.4, 0.5) is 0 Å². The lowest BCUT2D eigenvalue weighted by Crippen LogP contribution is -2.36. The van der Waals surface area contributed by atoms with Gasteiger partial charge in [-0.1, -0.05) is 6.58 Å². The van der Waals surface area contributed by atoms with E-state index < -0.39 is 0 Å². The van der Waals surface area contributed by atoms with Gasteiger partial charge in [0, 0.05) is 32.7 Å². The molecule has 1 amide bonds. The van der Waals surface area contributed by atoms with E-state index in [0.717, 1.165) is 31.9 Å². The molecule has 2 heterocycles. The van der Waals surface area contributed by atoms with Crippen molar-refractivity contribution < 1.29 is 9.53 Å². The van der Waals surface area contributed by atoms with Crippen LogP contribution < -0.4 is 5.32 Å². The lowest BCUT2D eigenvalue weighted by molar-refractivity contribution is -0.118. The van der Waals surface area contributed by atoms with E-state index in [1.165, 1.54) is 6.08 Å². The van der Waals surface area contributed by atoms with Crippen molar-refractivity contribution in [2.24, 2.45) is 13.0 Å². The highest BCUT2D eigenvalue weighted by Crippen LogP contribution is 2.28. The van der Waals surface area contributed by atoms with E-state index in [4.69, 9.17) is 4.74 Å². The van der Waals surface area contributed by atoms with Crippen LogP contribution in [-0.4, -0.2) is 28.7 Å². The molecule has 1 aliphatic heterocycles. The van der Waals surface area contributed by atoms with Gasteiger partial charge in [0.25, 0.3) is 0 Å². The molecule has 0 bridgehead atoms. The van der Waals surface area contributed by atoms with Gasteiger partial charge in [-0.25, -0.2) is 4.98 Å². The molecule has 0 spiro atoms. The van der Waals surface area contributed by atoms with Gasteiger partial charge in [0.15, 0.2) is 0 Å². The summed E-state index contributed by atoms with van der Waals surface area (Å²) in [5.74, 6) is 1.09. The number of nitrogens with zero attached hydrogens (tertiary/aromatic N) is 2. The third kappa shape index (κ3) is 2.79. The summed E-state index contributed by atoms with van der Waals surface area (Å²) >= 11 is 0. The molecule has 0 radical (unpaired) electrons. The number of nitrogens with one attached hydrogen (secondary N) is 1. The maximum atomic E-state index is 11.6. The molecule has 0 aliphatic carbocycles. The van der Waals surface area contributed by atoms with E-state index in [9.17, 15) is 4.79 Å². The molecule has 5 nitrogen and oxygen atoms in total. The Morgan fingerprint density at radius 2 is 2.39 bits per heavy atom. The molecule has 2 rings (SSSR count). The highest BCUT2D eigenvalue weighted by Gasteiger charge is 2.28. The fraction of sp³-hybridized carbons (Fsp3) is 0.538. The summed E-state index contributed by atoms with van der Waals surface area (Å²) in [7, 11) is 1.94. The average Bonchev–Trinajstić information content (AvgIpc) is 2.83. The Labute approximate surface area is 107 Å². The minimum atomic E-state index is -0.158. The Hall–Kier alpha value is -1.62. The van der Waals surface area contributed by atoms with E-state index in [-0.39, 0.29) is 11.9 Å². The van der Waals surface area contributed by atoms with Crippen molar-refractivity contribution in [3.05, 3.63) is 30.9 Å². The average molecular weight is 249 g/mol. The number of hydrogen-bond acceptors (Lipinski definition) is 3. The smallest absolute Gasteiger partial charge is 0.243 e. The molecular weight excluding hydrogens is 230 g/mol. The third-order valence-electron chi connectivity index (χ3n) is 3.36. The minimum absolute atomic E-state index is 0.0700. The zero-order valence-corrected chi connectivity index (χ0v) is 10.6. The molecule has 1 fully saturated rings. The van der Waals surface area contributed by atoms with Gasteiger partial charge in [0.05, 0.1) is 6.04 Å². The van der Waals surface area contributed by atoms with Crippen LogP contribution in [0.1, 0.15) is 24.7 Å². The Morgan fingerprint density at radius 3 is 2.94 bits per heavy atom. The summed E-state index contributed by atoms with van der Waals surface area (Å²) in [5, 5.41) is 2.98. The molecule has 1 atom stereocenters. The minimum Gasteiger partial charge on any atom is -0.381 e. The molecule has 98 valence electrons. The third-order valence-corrected chi connectivity index (χ3v) is 3.36. The maximum Gasteiger partial charge on any atom is 0.243 e. The largest absolute Gasteiger partial charge is 0.381 e. The van der Waals surface area contributed by atoms with E-state index in [2.05, 4.69) is 16.9 Å². The summed E-state index contributed by atoms with van der Waals surface area (Å²) in [4.78, 5) is 15.9. The van der Waals surface area contributed by atoms with Gasteiger partial charge in [-0.15, -0.1) is 0 Å². The number of amides is 1. The SMILES string of the molecule is C=CC(=O)NC(c1nccn1C)C1CCOCC1. The standard InChI is InChI=1S/C13H19N3O2/c1-3-11(17)15-12(10-4-8-18-9-5-10)13-14-6-7-16(13)2/h3,6-7,10,12H,1,4-5,8-9H2,2H3,(H,15,17). The molecule has 5 heteroatoms. The van der Waals surface area contributed by atoms with Crippen LogP contribution in [0.15, 0.2) is 25.0 Å². The molecule has 1 unspecified atom stereocenters. The maximum absolute atomic E-state index is 11.6. The van der Waals surface area contributed by atoms with E-state index >= 15 is 0 Å². The number of aryl methyl sites for hydroxylation is 1. The number of rotatable bonds is 4. The number of hydrogen-bond donors (Lipinski definition) is 1. The summed E-state index contributed by atoms with van der Waals surface area (Å²) in [5.41, 5.74) is 0. The Kier molecular flexibility index (Phi) is 4.15. The first-order valence-electron chi connectivity index (χ1n) is 6.20. The van der Waals surface area contributed by atoms with Crippen LogP contribution in [0.25, 0.3) is 0 Å². The van der Waals surface area contributed by atoms with Gasteiger partial charge in [-0.3, -0.25) is 4.79 Å². The normalized spacial score (nSPS) is 18.3. The molecule has 1 aromatic rings. The molecular formula is C13H19N3O2. The van der Waals surface area contributed by atoms with Gasteiger partial charge < -0.3 is 14.6 Å². The Bertz CT molecular complexity index is 422. The fourth-order valence-corrected chi connectivity index (χ4v) is 2.33. The second-order valence-corrected chi connectivity index (χ2v) is 4.54. The highest BCUT2D eigenvalue weighted by molar-refractivity contribution is 5.87. The zero-order chi connectivity index (χ0) is 13.0. The van der Waals surface area contributed by atoms with Gasteiger partial charge in [-0.05, 0) is 24.8 Å². The van der Waals surface area contributed by atoms with Crippen LogP contribution in [0.3, 0.4) is 0 Å². The van der Waals surface area contributed by atoms with E-state index in [0.29, 0.717) is 5.92 Å². The number of aromatic nitrogens is 2. The van der Waals surface area contributed by atoms with Crippen molar-refractivity contribution >= 4 is 5.91 Å². The molecule has 1 aromatic heterocycles. The lowest BCUT2D eigenvalue weighted by Gasteiger charge is -2.30. The van der Waals surface area contributed by atoms with Crippen LogP contribution >= 0.6 is 0 Å². The molecule has 0 aromatic carbocycles. The van der Waals surface area contributed by atoms with Crippen LogP contribution in [0.2, 0.25) is 0 Å². The molecule has 1 N–H and O–H groups in total. The first kappa shape index (κ1) is 12.8. The molecule has 0 saturated carbocycles. The van der Waals surface area contributed by atoms with Gasteiger partial charge in [-0.2, -0.15) is 0 Å². The number of imidazole rings is 1. The number of carbonyl (C=O) groups excluding carboxylic acids is 1. The molecule has 1 aliphatic rings. The summed E-state index contributed by atoms with van der Waals surface area (Å²) < 4.78 is 7.32. The zero-order valence-electron chi connectivity index (χ0n) is 10.6. The summed E-state index contributed by atoms with van der Waals surface area (Å²) in [6, 6.07) is -0.0700. The predicted molar refractivity (Wildman–Crippen MR) is 67.8 cm³/mol. The van der Waals surface area contributed by atoms with E-state index in [1.54, 1.807) is 6.20 Å². The highest BCUT2D eigenvalue weighted by atomic mass is 16.5. The second kappa shape index (κ2) is 5.82. The van der Waals surface area contributed by atoms with Crippen LogP contribution in [0.5, 0.6) is 0 Å². The van der Waals surface area contributed by atoms with Crippen molar-refractivity contribution in [1.29, 1.82) is 0 Å². The van der Waals surface area contributed by atoms with Crippen molar-refractivity contribution in [2.75, 3.05) is 13.2 Å². The van der Waals surface area contributed by atoms with Crippen molar-refractivity contribution in [3.63, 3.8) is 0 Å². The monoisotopic (exact) mass is 249 g/mol. The predicted octanol–water partition coefficient (Wildman–Crippen LogP) is 1.19. The quantitative estimate of drug-likeness (QED) is 0.815. The van der Waals surface area contributed by atoms with Gasteiger partial charge in [0.1, 0.15) is 5.82 Å². The first-order valence-corrected chi connectivity index (χ1v) is 6.20. The molecule has 1 saturated heterocycles. The van der Waals surface area contributed by atoms with Crippen LogP contribution in [-0.2, 0) is 16.6 Å². The summed E-state index contributed by atoms with van der Waals surface area (Å²) in [6.45, 7) is 4.99. The fourth-order valence-electron chi connectivity index (χ4n) is 2.33. The molecule has 18 heavy (non-hydrogen) atoms. The van der Waals surface area contributed by atoms with E-state index in [1.807, 2.05) is 17.8 Å². The first-order chi connectivity index (χ1) is 8.72. The van der Waals surface area contributed by atoms with Gasteiger partial charge >= 0.3 is 0 Å². The van der Waals surface area contributed by atoms with Crippen LogP contribution in [0, 0.1) is 5.92 Å². The second-order valence-electron chi connectivity index (χ2n) is 4.54. The van der Waals surface area contributed by atoms with Crippen molar-refractivity contribution in [3.8, 4) is 0 Å². The van der Waals surface area contributed by atoms with Crippen molar-refractivity contribution in [1.82, 2.24) is 14.9 Å². The Balaban J connectivity index is 2.19. The van der Waals surface area contributed by atoms with Crippen molar-refractivity contribution in [2.45, 2.75) is 18.9 Å². The Morgan fingerprint density at radius 1 is 1.67 bits per heavy atom. The number of carbonyl (C=O) groups is 1. The topological polar surface area (TPSA) is 56.2 Å². The van der Waals surface area contributed by atoms with Gasteiger partial charge in [0.2, 0.25) is 5.91 Å². The number of ether oxygens (including phenoxy) is 1. The summed E-state index contributed by atoms with van der Waals surface area (Å²) in [6.07, 6.45) is 6.82. The lowest BCUT2D eigenvalue weighted by atomic mass is 9.91.